The third-order valence-corrected chi connectivity index (χ3v) is 7.49. The van der Waals surface area contributed by atoms with Gasteiger partial charge in [0.15, 0.2) is 5.82 Å². The zero-order valence-electron chi connectivity index (χ0n) is 20.5. The minimum absolute atomic E-state index is 0.213. The van der Waals surface area contributed by atoms with Gasteiger partial charge in [-0.15, -0.1) is 0 Å². The van der Waals surface area contributed by atoms with E-state index in [9.17, 15) is 5.11 Å². The number of ether oxygens (including phenoxy) is 1. The van der Waals surface area contributed by atoms with Gasteiger partial charge in [0.2, 0.25) is 5.95 Å². The van der Waals surface area contributed by atoms with E-state index in [-0.39, 0.29) is 12.1 Å². The molecule has 1 saturated heterocycles. The van der Waals surface area contributed by atoms with E-state index in [1.807, 2.05) is 54.9 Å². The summed E-state index contributed by atoms with van der Waals surface area (Å²) in [6.45, 7) is 2.79. The van der Waals surface area contributed by atoms with Crippen LogP contribution >= 0.6 is 0 Å². The Kier molecular flexibility index (Phi) is 4.97. The molecule has 3 aromatic heterocycles. The molecular formula is C27H26N8O2. The van der Waals surface area contributed by atoms with E-state index in [0.717, 1.165) is 53.2 Å². The van der Waals surface area contributed by atoms with Gasteiger partial charge in [-0.3, -0.25) is 0 Å². The molecule has 2 aliphatic rings. The Morgan fingerprint density at radius 3 is 2.76 bits per heavy atom. The van der Waals surface area contributed by atoms with Gasteiger partial charge >= 0.3 is 0 Å². The number of nitrogens with one attached hydrogen (secondary N) is 1. The van der Waals surface area contributed by atoms with Crippen LogP contribution in [0, 0.1) is 12.8 Å². The Morgan fingerprint density at radius 2 is 1.95 bits per heavy atom. The van der Waals surface area contributed by atoms with Crippen molar-refractivity contribution in [2.24, 2.45) is 13.0 Å². The van der Waals surface area contributed by atoms with Gasteiger partial charge in [-0.05, 0) is 55.7 Å². The molecule has 0 radical (unpaired) electrons. The first-order valence-corrected chi connectivity index (χ1v) is 12.4. The normalized spacial score (nSPS) is 20.7. The lowest BCUT2D eigenvalue weighted by Crippen LogP contribution is -2.38. The molecule has 3 atom stereocenters. The molecule has 4 heterocycles. The van der Waals surface area contributed by atoms with Gasteiger partial charge in [0.25, 0.3) is 0 Å². The fraction of sp³-hybridized carbons (Fsp3) is 0.296. The highest BCUT2D eigenvalue weighted by atomic mass is 16.5. The molecule has 37 heavy (non-hydrogen) atoms. The number of aryl methyl sites for hydroxylation is 2. The van der Waals surface area contributed by atoms with E-state index in [1.165, 1.54) is 6.33 Å². The van der Waals surface area contributed by atoms with Crippen LogP contribution in [0.5, 0.6) is 11.5 Å². The maximum atomic E-state index is 10.1. The average Bonchev–Trinajstić information content (AvgIpc) is 3.59. The summed E-state index contributed by atoms with van der Waals surface area (Å²) in [5.41, 5.74) is 5.14. The molecule has 2 bridgehead atoms. The van der Waals surface area contributed by atoms with Crippen molar-refractivity contribution < 1.29 is 9.84 Å². The first-order chi connectivity index (χ1) is 18.0. The van der Waals surface area contributed by atoms with E-state index in [1.54, 1.807) is 12.5 Å². The Labute approximate surface area is 213 Å². The van der Waals surface area contributed by atoms with Gasteiger partial charge in [0.05, 0.1) is 29.7 Å². The maximum Gasteiger partial charge on any atom is 0.226 e. The van der Waals surface area contributed by atoms with E-state index < -0.39 is 0 Å². The Bertz CT molecular complexity index is 1650. The molecule has 0 unspecified atom stereocenters. The number of hydrogen-bond donors (Lipinski definition) is 2. The Balaban J connectivity index is 1.14. The maximum absolute atomic E-state index is 10.1. The predicted octanol–water partition coefficient (Wildman–Crippen LogP) is 4.11. The third kappa shape index (κ3) is 3.80. The van der Waals surface area contributed by atoms with Gasteiger partial charge in [0.1, 0.15) is 28.9 Å². The van der Waals surface area contributed by atoms with Crippen LogP contribution in [0.15, 0.2) is 55.2 Å². The lowest BCUT2D eigenvalue weighted by molar-refractivity contribution is 0.126. The summed E-state index contributed by atoms with van der Waals surface area (Å²) in [4.78, 5) is 24.8. The third-order valence-electron chi connectivity index (χ3n) is 7.49. The van der Waals surface area contributed by atoms with Crippen molar-refractivity contribution in [1.82, 2.24) is 29.5 Å². The van der Waals surface area contributed by atoms with Crippen molar-refractivity contribution >= 4 is 39.5 Å². The van der Waals surface area contributed by atoms with Crippen molar-refractivity contribution in [2.75, 3.05) is 16.8 Å². The molecule has 2 N–H and O–H groups in total. The second-order valence-corrected chi connectivity index (χ2v) is 9.94. The van der Waals surface area contributed by atoms with Crippen LogP contribution in [0.1, 0.15) is 18.4 Å². The lowest BCUT2D eigenvalue weighted by Gasteiger charge is -2.29. The van der Waals surface area contributed by atoms with Crippen LogP contribution in [0.25, 0.3) is 22.1 Å². The fourth-order valence-corrected chi connectivity index (χ4v) is 5.53. The number of imidazole rings is 1. The molecule has 2 fully saturated rings. The lowest BCUT2D eigenvalue weighted by atomic mass is 10.1. The monoisotopic (exact) mass is 494 g/mol. The van der Waals surface area contributed by atoms with Crippen LogP contribution in [-0.2, 0) is 7.05 Å². The molecule has 1 saturated carbocycles. The topological polar surface area (TPSA) is 114 Å². The Hall–Kier alpha value is -4.31. The van der Waals surface area contributed by atoms with Gasteiger partial charge in [0, 0.05) is 37.3 Å². The van der Waals surface area contributed by atoms with Crippen LogP contribution in [0.3, 0.4) is 0 Å². The summed E-state index contributed by atoms with van der Waals surface area (Å²) in [5, 5.41) is 13.5. The number of nitrogens with zero attached hydrogens (tertiary/aromatic N) is 7. The standard InChI is InChI=1S/C27H26N8O2/c1-15-7-17(3-6-24(15)37-19-4-5-22-20(10-19)31-14-34(22)2)32-26-25-21(29-13-30-26)11-28-27(33-25)35-12-16-8-18(35)9-23(16)36/h3-7,10-11,13-14,16,18,23,36H,8-9,12H2,1-2H3,(H,29,30,32)/t16-,18-,23-/m1/s1. The quantitative estimate of drug-likeness (QED) is 0.372. The van der Waals surface area contributed by atoms with Crippen molar-refractivity contribution in [2.45, 2.75) is 31.9 Å². The second-order valence-electron chi connectivity index (χ2n) is 9.94. The summed E-state index contributed by atoms with van der Waals surface area (Å²) in [5.74, 6) is 3.08. The van der Waals surface area contributed by atoms with E-state index >= 15 is 0 Å². The zero-order chi connectivity index (χ0) is 25.1. The van der Waals surface area contributed by atoms with Crippen LogP contribution < -0.4 is 15.0 Å². The predicted molar refractivity (Wildman–Crippen MR) is 140 cm³/mol. The van der Waals surface area contributed by atoms with E-state index in [4.69, 9.17) is 9.72 Å². The summed E-state index contributed by atoms with van der Waals surface area (Å²) >= 11 is 0. The van der Waals surface area contributed by atoms with Crippen molar-refractivity contribution in [3.63, 3.8) is 0 Å². The fourth-order valence-electron chi connectivity index (χ4n) is 5.53. The largest absolute Gasteiger partial charge is 0.457 e. The molecule has 10 heteroatoms. The molecule has 10 nitrogen and oxygen atoms in total. The smallest absolute Gasteiger partial charge is 0.226 e. The highest BCUT2D eigenvalue weighted by Crippen LogP contribution is 2.39. The van der Waals surface area contributed by atoms with Crippen LogP contribution in [0.2, 0.25) is 0 Å². The Morgan fingerprint density at radius 1 is 1.03 bits per heavy atom. The van der Waals surface area contributed by atoms with Crippen molar-refractivity contribution in [1.29, 1.82) is 0 Å². The minimum atomic E-state index is -0.213. The summed E-state index contributed by atoms with van der Waals surface area (Å²) in [7, 11) is 1.97. The number of benzene rings is 2. The van der Waals surface area contributed by atoms with Gasteiger partial charge in [-0.25, -0.2) is 24.9 Å². The number of piperidine rings is 1. The molecule has 0 spiro atoms. The molecular weight excluding hydrogens is 468 g/mol. The van der Waals surface area contributed by atoms with Crippen LogP contribution in [-0.4, -0.2) is 53.3 Å². The highest BCUT2D eigenvalue weighted by molar-refractivity contribution is 5.87. The van der Waals surface area contributed by atoms with Gasteiger partial charge in [-0.1, -0.05) is 0 Å². The second kappa shape index (κ2) is 8.38. The number of aliphatic hydroxyl groups is 1. The number of aromatic nitrogens is 6. The minimum Gasteiger partial charge on any atom is -0.457 e. The summed E-state index contributed by atoms with van der Waals surface area (Å²) in [6, 6.07) is 12.1. The summed E-state index contributed by atoms with van der Waals surface area (Å²) < 4.78 is 8.14. The number of rotatable bonds is 5. The molecule has 5 aromatic rings. The SMILES string of the molecule is Cc1cc(Nc2ncnc3cnc(N4C[C@H]5C[C@@H]4C[C@H]5O)nc23)ccc1Oc1ccc2c(c1)ncn2C. The molecule has 7 rings (SSSR count). The van der Waals surface area contributed by atoms with Gasteiger partial charge in [-0.2, -0.15) is 0 Å². The van der Waals surface area contributed by atoms with Gasteiger partial charge < -0.3 is 24.6 Å². The van der Waals surface area contributed by atoms with Crippen LogP contribution in [0.4, 0.5) is 17.5 Å². The van der Waals surface area contributed by atoms with Crippen molar-refractivity contribution in [3.05, 3.63) is 60.8 Å². The van der Waals surface area contributed by atoms with E-state index in [2.05, 4.69) is 30.2 Å². The summed E-state index contributed by atoms with van der Waals surface area (Å²) in [6.07, 6.45) is 6.60. The van der Waals surface area contributed by atoms with Crippen molar-refractivity contribution in [3.8, 4) is 11.5 Å². The number of anilines is 3. The number of aliphatic hydroxyl groups excluding tert-OH is 1. The molecule has 186 valence electrons. The average molecular weight is 495 g/mol. The molecule has 1 aliphatic heterocycles. The first-order valence-electron chi connectivity index (χ1n) is 12.4. The number of fused-ring (bicyclic) bond motifs is 4. The molecule has 0 amide bonds. The molecule has 1 aliphatic carbocycles. The molecule has 2 aromatic carbocycles. The highest BCUT2D eigenvalue weighted by Gasteiger charge is 2.44. The number of hydrogen-bond acceptors (Lipinski definition) is 9. The first kappa shape index (κ1) is 21.9. The van der Waals surface area contributed by atoms with E-state index in [0.29, 0.717) is 28.7 Å². The zero-order valence-corrected chi connectivity index (χ0v) is 20.5.